The first-order valence-electron chi connectivity index (χ1n) is 6.75. The molecule has 2 atom stereocenters. The molecule has 1 N–H and O–H groups in total. The maximum atomic E-state index is 13.7. The monoisotopic (exact) mass is 275 g/mol. The number of nitrogens with one attached hydrogen (secondary N) is 1. The number of hydrogen-bond acceptors (Lipinski definition) is 1. The minimum absolute atomic E-state index is 0.0175. The highest BCUT2D eigenvalue weighted by Gasteiger charge is 2.18. The van der Waals surface area contributed by atoms with E-state index in [4.69, 9.17) is 0 Å². The Balaban J connectivity index is 2.17. The molecule has 106 valence electrons. The van der Waals surface area contributed by atoms with Gasteiger partial charge in [-0.05, 0) is 38.5 Å². The van der Waals surface area contributed by atoms with E-state index in [9.17, 15) is 8.78 Å². The van der Waals surface area contributed by atoms with Crippen LogP contribution < -0.4 is 5.32 Å². The second-order valence-electron chi connectivity index (χ2n) is 5.16. The molecule has 2 rings (SSSR count). The van der Waals surface area contributed by atoms with Crippen molar-refractivity contribution in [1.29, 1.82) is 0 Å². The lowest BCUT2D eigenvalue weighted by molar-refractivity contribution is 0.449. The molecule has 0 aromatic heterocycles. The van der Waals surface area contributed by atoms with Crippen LogP contribution in [0.25, 0.3) is 0 Å². The number of benzene rings is 2. The van der Waals surface area contributed by atoms with Crippen molar-refractivity contribution in [2.24, 2.45) is 0 Å². The fourth-order valence-corrected chi connectivity index (χ4v) is 2.42. The zero-order chi connectivity index (χ0) is 14.7. The van der Waals surface area contributed by atoms with Gasteiger partial charge in [0.05, 0.1) is 0 Å². The predicted octanol–water partition coefficient (Wildman–Crippen LogP) is 4.69. The van der Waals surface area contributed by atoms with E-state index >= 15 is 0 Å². The molecule has 0 aliphatic carbocycles. The Bertz CT molecular complexity index is 575. The van der Waals surface area contributed by atoms with Crippen LogP contribution in [-0.4, -0.2) is 0 Å². The van der Waals surface area contributed by atoms with Crippen LogP contribution in [0.3, 0.4) is 0 Å². The third-order valence-corrected chi connectivity index (χ3v) is 3.47. The lowest BCUT2D eigenvalue weighted by Crippen LogP contribution is -2.24. The summed E-state index contributed by atoms with van der Waals surface area (Å²) in [7, 11) is 0. The Labute approximate surface area is 118 Å². The molecule has 3 heteroatoms. The summed E-state index contributed by atoms with van der Waals surface area (Å²) in [6.07, 6.45) is 0. The smallest absolute Gasteiger partial charge is 0.130 e. The first-order valence-corrected chi connectivity index (χ1v) is 6.75. The van der Waals surface area contributed by atoms with Crippen molar-refractivity contribution in [3.63, 3.8) is 0 Å². The van der Waals surface area contributed by atoms with Gasteiger partial charge in [0.2, 0.25) is 0 Å². The van der Waals surface area contributed by atoms with Crippen LogP contribution in [0.1, 0.15) is 42.6 Å². The van der Waals surface area contributed by atoms with Crippen LogP contribution in [0.4, 0.5) is 8.78 Å². The van der Waals surface area contributed by atoms with Crippen LogP contribution in [0.15, 0.2) is 42.5 Å². The van der Waals surface area contributed by atoms with Gasteiger partial charge in [-0.2, -0.15) is 0 Å². The van der Waals surface area contributed by atoms with E-state index in [-0.39, 0.29) is 11.6 Å². The fourth-order valence-electron chi connectivity index (χ4n) is 2.42. The quantitative estimate of drug-likeness (QED) is 0.854. The SMILES string of the molecule is Cc1cccc([C@@H](C)NC(C)c2c(F)cccc2F)c1. The van der Waals surface area contributed by atoms with Crippen LogP contribution in [0.5, 0.6) is 0 Å². The third kappa shape index (κ3) is 3.23. The minimum Gasteiger partial charge on any atom is -0.303 e. The number of halogens is 2. The lowest BCUT2D eigenvalue weighted by atomic mass is 10.0. The van der Waals surface area contributed by atoms with Gasteiger partial charge in [-0.15, -0.1) is 0 Å². The number of rotatable bonds is 4. The third-order valence-electron chi connectivity index (χ3n) is 3.47. The summed E-state index contributed by atoms with van der Waals surface area (Å²) in [5.41, 5.74) is 2.36. The first-order chi connectivity index (χ1) is 9.49. The first kappa shape index (κ1) is 14.7. The molecule has 0 spiro atoms. The van der Waals surface area contributed by atoms with Crippen molar-refractivity contribution in [2.45, 2.75) is 32.9 Å². The Kier molecular flexibility index (Phi) is 4.50. The van der Waals surface area contributed by atoms with Gasteiger partial charge in [-0.1, -0.05) is 35.9 Å². The normalized spacial score (nSPS) is 14.1. The number of hydrogen-bond donors (Lipinski definition) is 1. The van der Waals surface area contributed by atoms with Gasteiger partial charge in [0, 0.05) is 17.6 Å². The molecule has 0 saturated carbocycles. The van der Waals surface area contributed by atoms with E-state index in [2.05, 4.69) is 11.4 Å². The van der Waals surface area contributed by atoms with Gasteiger partial charge in [0.1, 0.15) is 11.6 Å². The van der Waals surface area contributed by atoms with Crippen molar-refractivity contribution >= 4 is 0 Å². The largest absolute Gasteiger partial charge is 0.303 e. The molecule has 20 heavy (non-hydrogen) atoms. The van der Waals surface area contributed by atoms with E-state index < -0.39 is 17.7 Å². The maximum absolute atomic E-state index is 13.7. The standard InChI is InChI=1S/C17H19F2N/c1-11-6-4-7-14(10-11)12(2)20-13(3)17-15(18)8-5-9-16(17)19/h4-10,12-13,20H,1-3H3/t12-,13?/m1/s1. The minimum atomic E-state index is -0.513. The van der Waals surface area contributed by atoms with E-state index in [1.54, 1.807) is 6.92 Å². The molecule has 2 aromatic carbocycles. The second kappa shape index (κ2) is 6.14. The van der Waals surface area contributed by atoms with E-state index in [1.165, 1.54) is 23.8 Å². The van der Waals surface area contributed by atoms with Crippen LogP contribution >= 0.6 is 0 Å². The van der Waals surface area contributed by atoms with Gasteiger partial charge < -0.3 is 5.32 Å². The molecule has 0 aliphatic rings. The molecule has 2 aromatic rings. The summed E-state index contributed by atoms with van der Waals surface area (Å²) in [5, 5.41) is 3.24. The Morgan fingerprint density at radius 2 is 1.50 bits per heavy atom. The average molecular weight is 275 g/mol. The highest BCUT2D eigenvalue weighted by Crippen LogP contribution is 2.24. The molecule has 1 unspecified atom stereocenters. The topological polar surface area (TPSA) is 12.0 Å². The molecule has 0 heterocycles. The summed E-state index contributed by atoms with van der Waals surface area (Å²) >= 11 is 0. The highest BCUT2D eigenvalue weighted by molar-refractivity contribution is 5.26. The Hall–Kier alpha value is -1.74. The van der Waals surface area contributed by atoms with Crippen molar-refractivity contribution in [3.8, 4) is 0 Å². The van der Waals surface area contributed by atoms with Gasteiger partial charge in [0.25, 0.3) is 0 Å². The van der Waals surface area contributed by atoms with Crippen LogP contribution in [0.2, 0.25) is 0 Å². The molecule has 0 radical (unpaired) electrons. The molecular weight excluding hydrogens is 256 g/mol. The lowest BCUT2D eigenvalue weighted by Gasteiger charge is -2.22. The summed E-state index contributed by atoms with van der Waals surface area (Å²) in [6.45, 7) is 5.79. The van der Waals surface area contributed by atoms with Gasteiger partial charge in [-0.3, -0.25) is 0 Å². The Morgan fingerprint density at radius 1 is 0.900 bits per heavy atom. The van der Waals surface area contributed by atoms with Gasteiger partial charge >= 0.3 is 0 Å². The molecule has 0 amide bonds. The second-order valence-corrected chi connectivity index (χ2v) is 5.16. The Morgan fingerprint density at radius 3 is 2.10 bits per heavy atom. The zero-order valence-electron chi connectivity index (χ0n) is 12.0. The molecule has 0 fully saturated rings. The fraction of sp³-hybridized carbons (Fsp3) is 0.294. The van der Waals surface area contributed by atoms with Crippen molar-refractivity contribution in [2.75, 3.05) is 0 Å². The van der Waals surface area contributed by atoms with Crippen LogP contribution in [0, 0.1) is 18.6 Å². The van der Waals surface area contributed by atoms with E-state index in [0.717, 1.165) is 5.56 Å². The predicted molar refractivity (Wildman–Crippen MR) is 77.5 cm³/mol. The summed E-state index contributed by atoms with van der Waals surface area (Å²) in [5.74, 6) is -1.03. The van der Waals surface area contributed by atoms with Crippen molar-refractivity contribution in [3.05, 3.63) is 70.8 Å². The van der Waals surface area contributed by atoms with E-state index in [0.29, 0.717) is 0 Å². The summed E-state index contributed by atoms with van der Waals surface area (Å²) in [6, 6.07) is 11.7. The zero-order valence-corrected chi connectivity index (χ0v) is 12.0. The molecule has 0 bridgehead atoms. The maximum Gasteiger partial charge on any atom is 0.130 e. The molecule has 0 saturated heterocycles. The van der Waals surface area contributed by atoms with Crippen molar-refractivity contribution < 1.29 is 8.78 Å². The van der Waals surface area contributed by atoms with E-state index in [1.807, 2.05) is 32.0 Å². The molecule has 0 aliphatic heterocycles. The van der Waals surface area contributed by atoms with Crippen molar-refractivity contribution in [1.82, 2.24) is 5.32 Å². The highest BCUT2D eigenvalue weighted by atomic mass is 19.1. The molecule has 1 nitrogen and oxygen atoms in total. The van der Waals surface area contributed by atoms with Crippen LogP contribution in [-0.2, 0) is 0 Å². The van der Waals surface area contributed by atoms with Gasteiger partial charge in [0.15, 0.2) is 0 Å². The van der Waals surface area contributed by atoms with Gasteiger partial charge in [-0.25, -0.2) is 8.78 Å². The number of aryl methyl sites for hydroxylation is 1. The average Bonchev–Trinajstić information content (AvgIpc) is 2.38. The summed E-state index contributed by atoms with van der Waals surface area (Å²) < 4.78 is 27.5. The summed E-state index contributed by atoms with van der Waals surface area (Å²) in [4.78, 5) is 0. The molecular formula is C17H19F2N.